The van der Waals surface area contributed by atoms with E-state index in [4.69, 9.17) is 0 Å². The van der Waals surface area contributed by atoms with Crippen molar-refractivity contribution in [2.24, 2.45) is 0 Å². The highest BCUT2D eigenvalue weighted by molar-refractivity contribution is 6.08. The summed E-state index contributed by atoms with van der Waals surface area (Å²) in [6, 6.07) is 26.0. The van der Waals surface area contributed by atoms with Gasteiger partial charge in [-0.2, -0.15) is 0 Å². The standard InChI is InChI=1S/C22H19NO2/c24-20-13-11-17(12-14-20)16-23-21(18-7-3-1-4-8-18)15-22(25)19-9-5-2-6-10-19/h1-15,23-24H,16H2/b21-15-. The fourth-order valence-electron chi connectivity index (χ4n) is 2.48. The number of aromatic hydroxyl groups is 1. The molecular formula is C22H19NO2. The predicted octanol–water partition coefficient (Wildman–Crippen LogP) is 4.41. The maximum absolute atomic E-state index is 12.5. The summed E-state index contributed by atoms with van der Waals surface area (Å²) >= 11 is 0. The van der Waals surface area contributed by atoms with Gasteiger partial charge in [0.2, 0.25) is 0 Å². The topological polar surface area (TPSA) is 49.3 Å². The van der Waals surface area contributed by atoms with Crippen molar-refractivity contribution in [3.05, 3.63) is 108 Å². The molecule has 0 spiro atoms. The van der Waals surface area contributed by atoms with Crippen LogP contribution in [0.1, 0.15) is 21.5 Å². The number of carbonyl (C=O) groups is 1. The molecule has 3 heteroatoms. The first-order chi connectivity index (χ1) is 12.2. The summed E-state index contributed by atoms with van der Waals surface area (Å²) in [6.45, 7) is 0.559. The normalized spacial score (nSPS) is 11.1. The third-order valence-corrected chi connectivity index (χ3v) is 3.84. The average molecular weight is 329 g/mol. The van der Waals surface area contributed by atoms with Crippen LogP contribution in [0, 0.1) is 0 Å². The molecule has 0 aromatic heterocycles. The van der Waals surface area contributed by atoms with Crippen LogP contribution in [0.2, 0.25) is 0 Å². The lowest BCUT2D eigenvalue weighted by Gasteiger charge is -2.12. The van der Waals surface area contributed by atoms with Crippen molar-refractivity contribution in [2.75, 3.05) is 0 Å². The first-order valence-electron chi connectivity index (χ1n) is 8.10. The molecule has 124 valence electrons. The van der Waals surface area contributed by atoms with Crippen LogP contribution in [0.4, 0.5) is 0 Å². The highest BCUT2D eigenvalue weighted by Crippen LogP contribution is 2.15. The Bertz CT molecular complexity index is 854. The molecule has 3 nitrogen and oxygen atoms in total. The van der Waals surface area contributed by atoms with E-state index in [-0.39, 0.29) is 11.5 Å². The van der Waals surface area contributed by atoms with Gasteiger partial charge < -0.3 is 10.4 Å². The Morgan fingerprint density at radius 3 is 1.96 bits per heavy atom. The molecule has 3 rings (SSSR count). The van der Waals surface area contributed by atoms with E-state index >= 15 is 0 Å². The van der Waals surface area contributed by atoms with Gasteiger partial charge in [-0.1, -0.05) is 72.8 Å². The maximum atomic E-state index is 12.5. The Morgan fingerprint density at radius 1 is 0.800 bits per heavy atom. The summed E-state index contributed by atoms with van der Waals surface area (Å²) in [5, 5.41) is 12.7. The number of hydrogen-bond acceptors (Lipinski definition) is 3. The molecule has 0 radical (unpaired) electrons. The van der Waals surface area contributed by atoms with Crippen LogP contribution in [0.15, 0.2) is 91.0 Å². The van der Waals surface area contributed by atoms with E-state index in [0.29, 0.717) is 12.1 Å². The van der Waals surface area contributed by atoms with Gasteiger partial charge >= 0.3 is 0 Å². The number of rotatable bonds is 6. The number of phenols is 1. The van der Waals surface area contributed by atoms with Crippen molar-refractivity contribution in [3.8, 4) is 5.75 Å². The SMILES string of the molecule is O=C(/C=C(\NCc1ccc(O)cc1)c1ccccc1)c1ccccc1. The van der Waals surface area contributed by atoms with Crippen molar-refractivity contribution < 1.29 is 9.90 Å². The van der Waals surface area contributed by atoms with Crippen LogP contribution < -0.4 is 5.32 Å². The summed E-state index contributed by atoms with van der Waals surface area (Å²) < 4.78 is 0. The summed E-state index contributed by atoms with van der Waals surface area (Å²) in [6.07, 6.45) is 1.63. The van der Waals surface area contributed by atoms with Crippen LogP contribution >= 0.6 is 0 Å². The van der Waals surface area contributed by atoms with Crippen molar-refractivity contribution in [1.29, 1.82) is 0 Å². The van der Waals surface area contributed by atoms with Gasteiger partial charge in [0, 0.05) is 23.9 Å². The third-order valence-electron chi connectivity index (χ3n) is 3.84. The van der Waals surface area contributed by atoms with Gasteiger partial charge in [0.25, 0.3) is 0 Å². The predicted molar refractivity (Wildman–Crippen MR) is 100 cm³/mol. The number of hydrogen-bond donors (Lipinski definition) is 2. The van der Waals surface area contributed by atoms with E-state index in [1.54, 1.807) is 30.3 Å². The van der Waals surface area contributed by atoms with Crippen LogP contribution in [0.5, 0.6) is 5.75 Å². The molecule has 2 N–H and O–H groups in total. The molecule has 0 aliphatic rings. The highest BCUT2D eigenvalue weighted by atomic mass is 16.3. The minimum Gasteiger partial charge on any atom is -0.508 e. The molecular weight excluding hydrogens is 310 g/mol. The zero-order valence-electron chi connectivity index (χ0n) is 13.7. The molecule has 0 saturated carbocycles. The van der Waals surface area contributed by atoms with E-state index in [9.17, 15) is 9.90 Å². The second-order valence-corrected chi connectivity index (χ2v) is 5.67. The quantitative estimate of drug-likeness (QED) is 0.520. The molecule has 0 amide bonds. The Kier molecular flexibility index (Phi) is 5.27. The number of allylic oxidation sites excluding steroid dienone is 1. The van der Waals surface area contributed by atoms with Gasteiger partial charge in [-0.25, -0.2) is 0 Å². The number of carbonyl (C=O) groups excluding carboxylic acids is 1. The first kappa shape index (κ1) is 16.5. The van der Waals surface area contributed by atoms with Gasteiger partial charge in [0.15, 0.2) is 5.78 Å². The van der Waals surface area contributed by atoms with E-state index in [0.717, 1.165) is 16.8 Å². The van der Waals surface area contributed by atoms with Crippen molar-refractivity contribution in [1.82, 2.24) is 5.32 Å². The van der Waals surface area contributed by atoms with Crippen LogP contribution in [-0.2, 0) is 6.54 Å². The van der Waals surface area contributed by atoms with Gasteiger partial charge in [0.1, 0.15) is 5.75 Å². The minimum atomic E-state index is -0.0438. The second-order valence-electron chi connectivity index (χ2n) is 5.67. The minimum absolute atomic E-state index is 0.0438. The number of nitrogens with one attached hydrogen (secondary N) is 1. The van der Waals surface area contributed by atoms with Gasteiger partial charge in [0.05, 0.1) is 0 Å². The van der Waals surface area contributed by atoms with E-state index in [1.165, 1.54) is 0 Å². The molecule has 0 aliphatic heterocycles. The summed E-state index contributed by atoms with van der Waals surface area (Å²) in [5.74, 6) is 0.194. The number of phenolic OH excluding ortho intramolecular Hbond substituents is 1. The highest BCUT2D eigenvalue weighted by Gasteiger charge is 2.07. The lowest BCUT2D eigenvalue weighted by Crippen LogP contribution is -2.13. The smallest absolute Gasteiger partial charge is 0.187 e. The molecule has 0 fully saturated rings. The Balaban J connectivity index is 1.84. The van der Waals surface area contributed by atoms with Crippen molar-refractivity contribution in [2.45, 2.75) is 6.54 Å². The molecule has 0 unspecified atom stereocenters. The number of ketones is 1. The molecule has 0 saturated heterocycles. The summed E-state index contributed by atoms with van der Waals surface area (Å²) in [5.41, 5.74) is 3.39. The summed E-state index contributed by atoms with van der Waals surface area (Å²) in [4.78, 5) is 12.5. The Morgan fingerprint density at radius 2 is 1.36 bits per heavy atom. The molecule has 0 bridgehead atoms. The summed E-state index contributed by atoms with van der Waals surface area (Å²) in [7, 11) is 0. The van der Waals surface area contributed by atoms with Gasteiger partial charge in [-0.05, 0) is 23.3 Å². The zero-order chi connectivity index (χ0) is 17.5. The second kappa shape index (κ2) is 7.97. The maximum Gasteiger partial charge on any atom is 0.187 e. The molecule has 3 aromatic rings. The van der Waals surface area contributed by atoms with E-state index in [2.05, 4.69) is 5.32 Å². The molecule has 0 heterocycles. The van der Waals surface area contributed by atoms with E-state index < -0.39 is 0 Å². The van der Waals surface area contributed by atoms with Crippen molar-refractivity contribution >= 4 is 11.5 Å². The fraction of sp³-hybridized carbons (Fsp3) is 0.0455. The molecule has 0 aliphatic carbocycles. The third kappa shape index (κ3) is 4.58. The Hall–Kier alpha value is -3.33. The van der Waals surface area contributed by atoms with Crippen LogP contribution in [0.25, 0.3) is 5.70 Å². The van der Waals surface area contributed by atoms with Gasteiger partial charge in [-0.15, -0.1) is 0 Å². The molecule has 3 aromatic carbocycles. The largest absolute Gasteiger partial charge is 0.508 e. The van der Waals surface area contributed by atoms with Crippen molar-refractivity contribution in [3.63, 3.8) is 0 Å². The molecule has 0 atom stereocenters. The fourth-order valence-corrected chi connectivity index (χ4v) is 2.48. The van der Waals surface area contributed by atoms with Crippen LogP contribution in [-0.4, -0.2) is 10.9 Å². The zero-order valence-corrected chi connectivity index (χ0v) is 13.7. The number of benzene rings is 3. The first-order valence-corrected chi connectivity index (χ1v) is 8.10. The lowest BCUT2D eigenvalue weighted by atomic mass is 10.1. The monoisotopic (exact) mass is 329 g/mol. The Labute approximate surface area is 147 Å². The lowest BCUT2D eigenvalue weighted by molar-refractivity contribution is 0.104. The van der Waals surface area contributed by atoms with E-state index in [1.807, 2.05) is 60.7 Å². The average Bonchev–Trinajstić information content (AvgIpc) is 2.67. The molecule has 25 heavy (non-hydrogen) atoms. The van der Waals surface area contributed by atoms with Gasteiger partial charge in [-0.3, -0.25) is 4.79 Å². The van der Waals surface area contributed by atoms with Crippen LogP contribution in [0.3, 0.4) is 0 Å².